The standard InChI is InChI=1S/C29H39ClN4O2S/c30-25-9-10-27-23(20-25)11-14-33-22-24-6-4-13-34(28(24)21-29(27)33)37(35,36)19-5-12-31-15-17-32(18-16-31)26-7-2-1-3-8-26/h1-3,7-10,20,24,28-29H,4-6,11-19,21-22H2/t24-,28+,29+/m1/s1. The van der Waals surface area contributed by atoms with Gasteiger partial charge < -0.3 is 4.90 Å². The van der Waals surface area contributed by atoms with E-state index in [-0.39, 0.29) is 11.8 Å². The fourth-order valence-corrected chi connectivity index (χ4v) is 9.19. The summed E-state index contributed by atoms with van der Waals surface area (Å²) in [5.41, 5.74) is 3.97. The van der Waals surface area contributed by atoms with E-state index in [2.05, 4.69) is 57.2 Å². The van der Waals surface area contributed by atoms with Crippen LogP contribution in [-0.2, 0) is 16.4 Å². The van der Waals surface area contributed by atoms with Crippen molar-refractivity contribution in [1.29, 1.82) is 0 Å². The van der Waals surface area contributed by atoms with Crippen LogP contribution < -0.4 is 4.90 Å². The molecule has 6 rings (SSSR count). The number of halogens is 1. The third kappa shape index (κ3) is 5.44. The van der Waals surface area contributed by atoms with Crippen LogP contribution in [0.5, 0.6) is 0 Å². The third-order valence-corrected chi connectivity index (χ3v) is 11.3. The first-order valence-electron chi connectivity index (χ1n) is 14.0. The topological polar surface area (TPSA) is 47.1 Å². The Morgan fingerprint density at radius 2 is 1.76 bits per heavy atom. The fraction of sp³-hybridized carbons (Fsp3) is 0.586. The minimum absolute atomic E-state index is 0.121. The summed E-state index contributed by atoms with van der Waals surface area (Å²) >= 11 is 6.28. The van der Waals surface area contributed by atoms with Crippen molar-refractivity contribution in [3.05, 3.63) is 64.7 Å². The fourth-order valence-electron chi connectivity index (χ4n) is 7.18. The van der Waals surface area contributed by atoms with Crippen LogP contribution in [0.4, 0.5) is 5.69 Å². The molecule has 4 heterocycles. The van der Waals surface area contributed by atoms with Gasteiger partial charge in [-0.25, -0.2) is 8.42 Å². The smallest absolute Gasteiger partial charge is 0.214 e. The number of sulfonamides is 1. The molecule has 0 spiro atoms. The predicted molar refractivity (Wildman–Crippen MR) is 151 cm³/mol. The maximum atomic E-state index is 13.6. The highest BCUT2D eigenvalue weighted by molar-refractivity contribution is 7.89. The molecule has 0 radical (unpaired) electrons. The Labute approximate surface area is 227 Å². The van der Waals surface area contributed by atoms with Crippen LogP contribution in [0.15, 0.2) is 48.5 Å². The molecule has 0 aliphatic carbocycles. The average Bonchev–Trinajstić information content (AvgIpc) is 2.92. The van der Waals surface area contributed by atoms with Crippen molar-refractivity contribution in [2.24, 2.45) is 5.92 Å². The molecule has 200 valence electrons. The Morgan fingerprint density at radius 1 is 0.946 bits per heavy atom. The zero-order chi connectivity index (χ0) is 25.4. The summed E-state index contributed by atoms with van der Waals surface area (Å²) in [5.74, 6) is 0.704. The molecule has 2 aromatic carbocycles. The van der Waals surface area contributed by atoms with E-state index in [1.807, 2.05) is 10.4 Å². The van der Waals surface area contributed by atoms with Gasteiger partial charge in [0.05, 0.1) is 5.75 Å². The van der Waals surface area contributed by atoms with Gasteiger partial charge in [-0.3, -0.25) is 9.80 Å². The van der Waals surface area contributed by atoms with Crippen LogP contribution in [0.1, 0.15) is 42.9 Å². The Bertz CT molecular complexity index is 1190. The molecular formula is C29H39ClN4O2S. The number of para-hydroxylation sites is 1. The van der Waals surface area contributed by atoms with Gasteiger partial charge in [0.25, 0.3) is 0 Å². The lowest BCUT2D eigenvalue weighted by molar-refractivity contribution is 0.0220. The van der Waals surface area contributed by atoms with Gasteiger partial charge in [-0.2, -0.15) is 4.31 Å². The number of hydrogen-bond donors (Lipinski definition) is 0. The van der Waals surface area contributed by atoms with Crippen LogP contribution in [0.3, 0.4) is 0 Å². The molecule has 3 atom stereocenters. The van der Waals surface area contributed by atoms with Gasteiger partial charge in [-0.05, 0) is 80.0 Å². The van der Waals surface area contributed by atoms with Crippen molar-refractivity contribution in [2.45, 2.75) is 44.2 Å². The number of piperazine rings is 1. The SMILES string of the molecule is O=S(=O)(CCCN1CCN(c2ccccc2)CC1)N1CCC[C@@H]2CN3CCc4cc(Cl)ccc4[C@@H]3C[C@@H]21. The quantitative estimate of drug-likeness (QED) is 0.546. The van der Waals surface area contributed by atoms with Crippen molar-refractivity contribution >= 4 is 27.3 Å². The molecule has 3 saturated heterocycles. The molecule has 8 heteroatoms. The molecule has 0 bridgehead atoms. The van der Waals surface area contributed by atoms with Crippen LogP contribution in [0.25, 0.3) is 0 Å². The van der Waals surface area contributed by atoms with Crippen LogP contribution in [0, 0.1) is 5.92 Å². The normalized spacial score (nSPS) is 27.4. The second-order valence-electron chi connectivity index (χ2n) is 11.3. The van der Waals surface area contributed by atoms with E-state index < -0.39 is 10.0 Å². The molecule has 0 saturated carbocycles. The molecule has 0 amide bonds. The molecule has 4 aliphatic heterocycles. The number of benzene rings is 2. The molecule has 6 nitrogen and oxygen atoms in total. The molecule has 0 unspecified atom stereocenters. The molecule has 37 heavy (non-hydrogen) atoms. The maximum Gasteiger partial charge on any atom is 0.214 e. The number of hydrogen-bond acceptors (Lipinski definition) is 5. The van der Waals surface area contributed by atoms with Crippen molar-refractivity contribution in [1.82, 2.24) is 14.1 Å². The summed E-state index contributed by atoms with van der Waals surface area (Å²) in [5, 5.41) is 0.796. The van der Waals surface area contributed by atoms with E-state index in [1.54, 1.807) is 0 Å². The van der Waals surface area contributed by atoms with Gasteiger partial charge >= 0.3 is 0 Å². The zero-order valence-corrected chi connectivity index (χ0v) is 23.2. The first kappa shape index (κ1) is 25.6. The minimum Gasteiger partial charge on any atom is -0.369 e. The van der Waals surface area contributed by atoms with E-state index in [1.165, 1.54) is 16.8 Å². The Morgan fingerprint density at radius 3 is 2.57 bits per heavy atom. The summed E-state index contributed by atoms with van der Waals surface area (Å²) in [4.78, 5) is 7.45. The van der Waals surface area contributed by atoms with E-state index in [4.69, 9.17) is 11.6 Å². The highest BCUT2D eigenvalue weighted by Gasteiger charge is 2.45. The average molecular weight is 543 g/mol. The van der Waals surface area contributed by atoms with Crippen molar-refractivity contribution in [3.63, 3.8) is 0 Å². The lowest BCUT2D eigenvalue weighted by Crippen LogP contribution is -2.57. The van der Waals surface area contributed by atoms with Crippen LogP contribution >= 0.6 is 11.6 Å². The largest absolute Gasteiger partial charge is 0.369 e. The molecule has 0 aromatic heterocycles. The molecule has 3 fully saturated rings. The zero-order valence-electron chi connectivity index (χ0n) is 21.6. The number of piperidine rings is 2. The van der Waals surface area contributed by atoms with E-state index in [0.717, 1.165) is 76.5 Å². The number of nitrogens with zero attached hydrogens (tertiary/aromatic N) is 4. The predicted octanol–water partition coefficient (Wildman–Crippen LogP) is 4.27. The van der Waals surface area contributed by atoms with Crippen molar-refractivity contribution < 1.29 is 8.42 Å². The molecular weight excluding hydrogens is 504 g/mol. The summed E-state index contributed by atoms with van der Waals surface area (Å²) < 4.78 is 29.2. The highest BCUT2D eigenvalue weighted by atomic mass is 35.5. The van der Waals surface area contributed by atoms with Gasteiger partial charge in [0.15, 0.2) is 0 Å². The molecule has 0 N–H and O–H groups in total. The number of fused-ring (bicyclic) bond motifs is 4. The van der Waals surface area contributed by atoms with Gasteiger partial charge in [-0.15, -0.1) is 0 Å². The summed E-state index contributed by atoms with van der Waals surface area (Å²) in [6, 6.07) is 17.3. The maximum absolute atomic E-state index is 13.6. The number of rotatable bonds is 6. The lowest BCUT2D eigenvalue weighted by atomic mass is 9.77. The van der Waals surface area contributed by atoms with Crippen LogP contribution in [0.2, 0.25) is 5.02 Å². The lowest BCUT2D eigenvalue weighted by Gasteiger charge is -2.51. The van der Waals surface area contributed by atoms with Gasteiger partial charge in [0.2, 0.25) is 10.0 Å². The third-order valence-electron chi connectivity index (χ3n) is 9.10. The first-order valence-corrected chi connectivity index (χ1v) is 16.0. The summed E-state index contributed by atoms with van der Waals surface area (Å²) in [7, 11) is -3.27. The second-order valence-corrected chi connectivity index (χ2v) is 13.7. The van der Waals surface area contributed by atoms with Crippen molar-refractivity contribution in [3.8, 4) is 0 Å². The minimum atomic E-state index is -3.27. The van der Waals surface area contributed by atoms with Gasteiger partial charge in [0.1, 0.15) is 0 Å². The Balaban J connectivity index is 1.06. The van der Waals surface area contributed by atoms with Gasteiger partial charge in [-0.1, -0.05) is 35.9 Å². The summed E-state index contributed by atoms with van der Waals surface area (Å²) in [6.45, 7) is 7.57. The van der Waals surface area contributed by atoms with Gasteiger partial charge in [0, 0.05) is 68.6 Å². The first-order chi connectivity index (χ1) is 18.0. The van der Waals surface area contributed by atoms with Crippen LogP contribution in [-0.4, -0.2) is 86.7 Å². The number of anilines is 1. The van der Waals surface area contributed by atoms with E-state index >= 15 is 0 Å². The van der Waals surface area contributed by atoms with E-state index in [9.17, 15) is 8.42 Å². The van der Waals surface area contributed by atoms with Crippen molar-refractivity contribution in [2.75, 3.05) is 63.0 Å². The molecule has 2 aromatic rings. The monoisotopic (exact) mass is 542 g/mol. The highest BCUT2D eigenvalue weighted by Crippen LogP contribution is 2.44. The Kier molecular flexibility index (Phi) is 7.52. The van der Waals surface area contributed by atoms with E-state index in [0.29, 0.717) is 24.9 Å². The second kappa shape index (κ2) is 10.9. The molecule has 4 aliphatic rings. The summed E-state index contributed by atoms with van der Waals surface area (Å²) in [6.07, 6.45) is 4.76. The Hall–Kier alpha value is -1.64.